The van der Waals surface area contributed by atoms with Gasteiger partial charge in [0, 0.05) is 12.6 Å². The molecule has 1 aliphatic heterocycles. The minimum atomic E-state index is 0.653. The molecule has 1 heterocycles. The Kier molecular flexibility index (Phi) is 6.34. The summed E-state index contributed by atoms with van der Waals surface area (Å²) in [5.41, 5.74) is 1.20. The third-order valence-corrected chi connectivity index (χ3v) is 4.41. The molecule has 5 heteroatoms. The molecule has 0 unspecified atom stereocenters. The molecule has 0 radical (unpaired) electrons. The van der Waals surface area contributed by atoms with Crippen LogP contribution >= 0.6 is 0 Å². The second-order valence-electron chi connectivity index (χ2n) is 5.75. The van der Waals surface area contributed by atoms with Crippen LogP contribution < -0.4 is 19.5 Å². The van der Waals surface area contributed by atoms with Gasteiger partial charge in [0.25, 0.3) is 0 Å². The molecule has 0 amide bonds. The lowest BCUT2D eigenvalue weighted by molar-refractivity contribution is 0.201. The van der Waals surface area contributed by atoms with Crippen molar-refractivity contribution in [2.45, 2.75) is 25.3 Å². The lowest BCUT2D eigenvalue weighted by Crippen LogP contribution is -2.41. The Morgan fingerprint density at radius 1 is 1.05 bits per heavy atom. The number of ether oxygens (including phenoxy) is 3. The van der Waals surface area contributed by atoms with Crippen molar-refractivity contribution in [2.75, 3.05) is 48.0 Å². The van der Waals surface area contributed by atoms with E-state index in [1.807, 2.05) is 12.1 Å². The van der Waals surface area contributed by atoms with Crippen molar-refractivity contribution in [1.29, 1.82) is 0 Å². The second-order valence-corrected chi connectivity index (χ2v) is 5.75. The van der Waals surface area contributed by atoms with Gasteiger partial charge in [0.1, 0.15) is 0 Å². The summed E-state index contributed by atoms with van der Waals surface area (Å²) in [7, 11) is 7.16. The van der Waals surface area contributed by atoms with Gasteiger partial charge in [-0.1, -0.05) is 0 Å². The average Bonchev–Trinajstić information content (AvgIpc) is 2.59. The predicted octanol–water partition coefficient (Wildman–Crippen LogP) is 1.94. The van der Waals surface area contributed by atoms with Crippen LogP contribution in [0.1, 0.15) is 18.4 Å². The van der Waals surface area contributed by atoms with Crippen LogP contribution in [0.25, 0.3) is 0 Å². The Labute approximate surface area is 133 Å². The summed E-state index contributed by atoms with van der Waals surface area (Å²) in [6.07, 6.45) is 3.43. The Morgan fingerprint density at radius 2 is 1.64 bits per heavy atom. The highest BCUT2D eigenvalue weighted by Crippen LogP contribution is 2.38. The van der Waals surface area contributed by atoms with Crippen molar-refractivity contribution in [3.63, 3.8) is 0 Å². The molecule has 2 rings (SSSR count). The molecule has 0 saturated carbocycles. The first-order chi connectivity index (χ1) is 10.7. The van der Waals surface area contributed by atoms with E-state index in [1.165, 1.54) is 18.4 Å². The first kappa shape index (κ1) is 16.9. The largest absolute Gasteiger partial charge is 0.493 e. The van der Waals surface area contributed by atoms with E-state index in [2.05, 4.69) is 17.3 Å². The average molecular weight is 308 g/mol. The molecule has 22 heavy (non-hydrogen) atoms. The molecule has 124 valence electrons. The third-order valence-electron chi connectivity index (χ3n) is 4.41. The molecule has 1 aliphatic rings. The van der Waals surface area contributed by atoms with E-state index in [0.29, 0.717) is 11.8 Å². The highest BCUT2D eigenvalue weighted by Gasteiger charge is 2.18. The molecule has 1 N–H and O–H groups in total. The Morgan fingerprint density at radius 3 is 2.14 bits per heavy atom. The third kappa shape index (κ3) is 4.05. The van der Waals surface area contributed by atoms with E-state index in [-0.39, 0.29) is 0 Å². The Bertz CT molecular complexity index is 448. The fourth-order valence-electron chi connectivity index (χ4n) is 3.02. The molecular formula is C17H28N2O3. The molecule has 0 aliphatic carbocycles. The van der Waals surface area contributed by atoms with Crippen LogP contribution in [-0.2, 0) is 6.42 Å². The number of nitrogens with one attached hydrogen (secondary N) is 1. The van der Waals surface area contributed by atoms with Gasteiger partial charge in [0.15, 0.2) is 11.5 Å². The van der Waals surface area contributed by atoms with Crippen molar-refractivity contribution in [3.05, 3.63) is 17.7 Å². The van der Waals surface area contributed by atoms with Gasteiger partial charge in [-0.25, -0.2) is 0 Å². The molecule has 1 fully saturated rings. The fourth-order valence-corrected chi connectivity index (χ4v) is 3.02. The lowest BCUT2D eigenvalue weighted by atomic mass is 10.0. The summed E-state index contributed by atoms with van der Waals surface area (Å²) in [4.78, 5) is 2.46. The SMILES string of the molecule is COc1cc(CCN(C)C2CCNCC2)cc(OC)c1OC. The summed E-state index contributed by atoms with van der Waals surface area (Å²) < 4.78 is 16.2. The van der Waals surface area contributed by atoms with Crippen molar-refractivity contribution in [2.24, 2.45) is 0 Å². The maximum atomic E-state index is 5.42. The van der Waals surface area contributed by atoms with Crippen LogP contribution in [0, 0.1) is 0 Å². The fraction of sp³-hybridized carbons (Fsp3) is 0.647. The number of benzene rings is 1. The maximum Gasteiger partial charge on any atom is 0.203 e. The first-order valence-corrected chi connectivity index (χ1v) is 7.89. The van der Waals surface area contributed by atoms with Crippen molar-refractivity contribution < 1.29 is 14.2 Å². The van der Waals surface area contributed by atoms with Gasteiger partial charge in [-0.2, -0.15) is 0 Å². The van der Waals surface area contributed by atoms with Gasteiger partial charge in [0.2, 0.25) is 5.75 Å². The standard InChI is InChI=1S/C17H28N2O3/c1-19(14-5-8-18-9-6-14)10-7-13-11-15(20-2)17(22-4)16(12-13)21-3/h11-12,14,18H,5-10H2,1-4H3. The van der Waals surface area contributed by atoms with E-state index in [0.717, 1.165) is 37.6 Å². The minimum Gasteiger partial charge on any atom is -0.493 e. The zero-order chi connectivity index (χ0) is 15.9. The number of likely N-dealkylation sites (N-methyl/N-ethyl adjacent to an activating group) is 1. The molecule has 0 bridgehead atoms. The second kappa shape index (κ2) is 8.25. The maximum absolute atomic E-state index is 5.42. The Hall–Kier alpha value is -1.46. The number of rotatable bonds is 7. The predicted molar refractivity (Wildman–Crippen MR) is 88.3 cm³/mol. The van der Waals surface area contributed by atoms with Crippen molar-refractivity contribution in [1.82, 2.24) is 10.2 Å². The smallest absolute Gasteiger partial charge is 0.203 e. The molecule has 0 spiro atoms. The topological polar surface area (TPSA) is 43.0 Å². The highest BCUT2D eigenvalue weighted by atomic mass is 16.5. The van der Waals surface area contributed by atoms with Gasteiger partial charge >= 0.3 is 0 Å². The van der Waals surface area contributed by atoms with E-state index < -0.39 is 0 Å². The molecule has 1 aromatic carbocycles. The number of hydrogen-bond acceptors (Lipinski definition) is 5. The van der Waals surface area contributed by atoms with Crippen LogP contribution in [0.5, 0.6) is 17.2 Å². The molecule has 0 atom stereocenters. The summed E-state index contributed by atoms with van der Waals surface area (Å²) in [6.45, 7) is 3.28. The number of hydrogen-bond donors (Lipinski definition) is 1. The van der Waals surface area contributed by atoms with Crippen LogP contribution in [-0.4, -0.2) is 59.0 Å². The monoisotopic (exact) mass is 308 g/mol. The normalized spacial score (nSPS) is 15.9. The molecule has 5 nitrogen and oxygen atoms in total. The first-order valence-electron chi connectivity index (χ1n) is 7.89. The molecule has 0 aromatic heterocycles. The van der Waals surface area contributed by atoms with Crippen LogP contribution in [0.3, 0.4) is 0 Å². The van der Waals surface area contributed by atoms with Crippen LogP contribution in [0.2, 0.25) is 0 Å². The summed E-state index contributed by atoms with van der Waals surface area (Å²) in [6, 6.07) is 4.76. The zero-order valence-corrected chi connectivity index (χ0v) is 14.1. The van der Waals surface area contributed by atoms with Gasteiger partial charge in [0.05, 0.1) is 21.3 Å². The van der Waals surface area contributed by atoms with Gasteiger partial charge in [-0.05, 0) is 57.1 Å². The zero-order valence-electron chi connectivity index (χ0n) is 14.1. The van der Waals surface area contributed by atoms with E-state index >= 15 is 0 Å². The van der Waals surface area contributed by atoms with Gasteiger partial charge < -0.3 is 24.4 Å². The Balaban J connectivity index is 2.02. The van der Waals surface area contributed by atoms with Crippen LogP contribution in [0.15, 0.2) is 12.1 Å². The molecule has 1 aromatic rings. The number of nitrogens with zero attached hydrogens (tertiary/aromatic N) is 1. The quantitative estimate of drug-likeness (QED) is 0.834. The summed E-state index contributed by atoms with van der Waals surface area (Å²) in [5.74, 6) is 2.10. The number of methoxy groups -OCH3 is 3. The lowest BCUT2D eigenvalue weighted by Gasteiger charge is -2.31. The van der Waals surface area contributed by atoms with E-state index in [4.69, 9.17) is 14.2 Å². The summed E-state index contributed by atoms with van der Waals surface area (Å²) >= 11 is 0. The van der Waals surface area contributed by atoms with Crippen molar-refractivity contribution in [3.8, 4) is 17.2 Å². The number of piperidine rings is 1. The summed E-state index contributed by atoms with van der Waals surface area (Å²) in [5, 5.41) is 3.41. The van der Waals surface area contributed by atoms with E-state index in [9.17, 15) is 0 Å². The van der Waals surface area contributed by atoms with Crippen molar-refractivity contribution >= 4 is 0 Å². The van der Waals surface area contributed by atoms with Gasteiger partial charge in [-0.3, -0.25) is 0 Å². The van der Waals surface area contributed by atoms with Gasteiger partial charge in [-0.15, -0.1) is 0 Å². The minimum absolute atomic E-state index is 0.653. The van der Waals surface area contributed by atoms with Crippen LogP contribution in [0.4, 0.5) is 0 Å². The highest BCUT2D eigenvalue weighted by molar-refractivity contribution is 5.53. The molecular weight excluding hydrogens is 280 g/mol. The molecule has 1 saturated heterocycles. The van der Waals surface area contributed by atoms with E-state index in [1.54, 1.807) is 21.3 Å².